The van der Waals surface area contributed by atoms with Crippen molar-refractivity contribution in [1.29, 1.82) is 0 Å². The molecule has 1 aromatic carbocycles. The fourth-order valence-electron chi connectivity index (χ4n) is 4.02. The maximum absolute atomic E-state index is 13.1. The van der Waals surface area contributed by atoms with Gasteiger partial charge in [0.15, 0.2) is 0 Å². The summed E-state index contributed by atoms with van der Waals surface area (Å²) in [4.78, 5) is 27.4. The average Bonchev–Trinajstić information content (AvgIpc) is 2.84. The van der Waals surface area contributed by atoms with Gasteiger partial charge in [-0.25, -0.2) is 0 Å². The lowest BCUT2D eigenvalue weighted by Gasteiger charge is -2.37. The third kappa shape index (κ3) is 3.63. The zero-order chi connectivity index (χ0) is 16.9. The van der Waals surface area contributed by atoms with E-state index in [2.05, 4.69) is 5.32 Å². The molecule has 1 N–H and O–H groups in total. The Hall–Kier alpha value is -1.84. The summed E-state index contributed by atoms with van der Waals surface area (Å²) in [6, 6.07) is 7.68. The van der Waals surface area contributed by atoms with Crippen molar-refractivity contribution in [3.8, 4) is 0 Å². The predicted molar refractivity (Wildman–Crippen MR) is 94.5 cm³/mol. The van der Waals surface area contributed by atoms with E-state index in [1.807, 2.05) is 31.2 Å². The number of carbonyl (C=O) groups excluding carboxylic acids is 2. The third-order valence-electron chi connectivity index (χ3n) is 5.24. The topological polar surface area (TPSA) is 49.4 Å². The lowest BCUT2D eigenvalue weighted by Crippen LogP contribution is -2.49. The van der Waals surface area contributed by atoms with Crippen LogP contribution < -0.4 is 5.32 Å². The predicted octanol–water partition coefficient (Wildman–Crippen LogP) is 3.36. The van der Waals surface area contributed by atoms with Crippen molar-refractivity contribution in [2.45, 2.75) is 70.4 Å². The maximum Gasteiger partial charge on any atom is 0.247 e. The molecular formula is C20H28N2O2. The first-order valence-electron chi connectivity index (χ1n) is 9.38. The van der Waals surface area contributed by atoms with Gasteiger partial charge in [-0.3, -0.25) is 9.59 Å². The van der Waals surface area contributed by atoms with Crippen LogP contribution >= 0.6 is 0 Å². The van der Waals surface area contributed by atoms with Crippen LogP contribution in [0.25, 0.3) is 0 Å². The second kappa shape index (κ2) is 7.82. The quantitative estimate of drug-likeness (QED) is 0.862. The number of carbonyl (C=O) groups is 2. The monoisotopic (exact) mass is 328 g/mol. The second-order valence-corrected chi connectivity index (χ2v) is 7.06. The van der Waals surface area contributed by atoms with Gasteiger partial charge in [0.1, 0.15) is 6.04 Å². The zero-order valence-corrected chi connectivity index (χ0v) is 14.6. The standard InChI is InChI=1S/C20H28N2O2/c1-2-13-22-18(23)14-15-9-7-8-12-17(15)19(22)20(24)21-16-10-5-3-4-6-11-16/h7-9,12,16,19H,2-6,10-11,13-14H2,1H3,(H,21,24). The molecule has 0 bridgehead atoms. The molecule has 0 spiro atoms. The summed E-state index contributed by atoms with van der Waals surface area (Å²) in [6.07, 6.45) is 8.28. The fourth-order valence-corrected chi connectivity index (χ4v) is 4.02. The maximum atomic E-state index is 13.1. The van der Waals surface area contributed by atoms with Crippen molar-refractivity contribution in [3.63, 3.8) is 0 Å². The zero-order valence-electron chi connectivity index (χ0n) is 14.6. The highest BCUT2D eigenvalue weighted by Gasteiger charge is 2.37. The van der Waals surface area contributed by atoms with Gasteiger partial charge < -0.3 is 10.2 Å². The van der Waals surface area contributed by atoms with Gasteiger partial charge in [0.25, 0.3) is 0 Å². The van der Waals surface area contributed by atoms with Gasteiger partial charge in [-0.05, 0) is 30.4 Å². The summed E-state index contributed by atoms with van der Waals surface area (Å²) in [5, 5.41) is 3.25. The molecule has 1 heterocycles. The minimum Gasteiger partial charge on any atom is -0.351 e. The average molecular weight is 328 g/mol. The van der Waals surface area contributed by atoms with E-state index >= 15 is 0 Å². The van der Waals surface area contributed by atoms with Crippen LogP contribution in [0.15, 0.2) is 24.3 Å². The van der Waals surface area contributed by atoms with Crippen molar-refractivity contribution < 1.29 is 9.59 Å². The van der Waals surface area contributed by atoms with Crippen LogP contribution in [0.2, 0.25) is 0 Å². The molecule has 1 aliphatic carbocycles. The summed E-state index contributed by atoms with van der Waals surface area (Å²) < 4.78 is 0. The van der Waals surface area contributed by atoms with Crippen molar-refractivity contribution in [2.24, 2.45) is 0 Å². The van der Waals surface area contributed by atoms with E-state index in [0.29, 0.717) is 13.0 Å². The number of hydrogen-bond acceptors (Lipinski definition) is 2. The van der Waals surface area contributed by atoms with Crippen LogP contribution in [0, 0.1) is 0 Å². The van der Waals surface area contributed by atoms with Gasteiger partial charge in [-0.2, -0.15) is 0 Å². The summed E-state index contributed by atoms with van der Waals surface area (Å²) in [6.45, 7) is 2.68. The highest BCUT2D eigenvalue weighted by atomic mass is 16.2. The summed E-state index contributed by atoms with van der Waals surface area (Å²) in [5.41, 5.74) is 1.99. The van der Waals surface area contributed by atoms with Crippen LogP contribution in [0.3, 0.4) is 0 Å². The van der Waals surface area contributed by atoms with Crippen LogP contribution in [-0.2, 0) is 16.0 Å². The minimum atomic E-state index is -0.467. The van der Waals surface area contributed by atoms with Crippen LogP contribution in [0.1, 0.15) is 69.0 Å². The minimum absolute atomic E-state index is 0.00384. The molecule has 0 radical (unpaired) electrons. The highest BCUT2D eigenvalue weighted by molar-refractivity contribution is 5.92. The van der Waals surface area contributed by atoms with Crippen LogP contribution in [0.4, 0.5) is 0 Å². The first-order valence-corrected chi connectivity index (χ1v) is 9.38. The van der Waals surface area contributed by atoms with E-state index in [4.69, 9.17) is 0 Å². The van der Waals surface area contributed by atoms with E-state index in [9.17, 15) is 9.59 Å². The van der Waals surface area contributed by atoms with Crippen LogP contribution in [-0.4, -0.2) is 29.3 Å². The van der Waals surface area contributed by atoms with E-state index in [0.717, 1.165) is 30.4 Å². The van der Waals surface area contributed by atoms with E-state index in [1.165, 1.54) is 25.7 Å². The Morgan fingerprint density at radius 2 is 1.88 bits per heavy atom. The molecule has 3 rings (SSSR count). The van der Waals surface area contributed by atoms with Crippen molar-refractivity contribution >= 4 is 11.8 Å². The Bertz CT molecular complexity index is 591. The summed E-state index contributed by atoms with van der Waals surface area (Å²) in [5.74, 6) is 0.0624. The number of hydrogen-bond donors (Lipinski definition) is 1. The lowest BCUT2D eigenvalue weighted by atomic mass is 9.91. The molecule has 4 heteroatoms. The van der Waals surface area contributed by atoms with Gasteiger partial charge in [0.2, 0.25) is 11.8 Å². The van der Waals surface area contributed by atoms with Crippen molar-refractivity contribution in [3.05, 3.63) is 35.4 Å². The largest absolute Gasteiger partial charge is 0.351 e. The van der Waals surface area contributed by atoms with E-state index in [-0.39, 0.29) is 17.9 Å². The molecule has 0 saturated heterocycles. The molecule has 4 nitrogen and oxygen atoms in total. The molecule has 1 aromatic rings. The smallest absolute Gasteiger partial charge is 0.247 e. The van der Waals surface area contributed by atoms with Gasteiger partial charge in [0.05, 0.1) is 6.42 Å². The van der Waals surface area contributed by atoms with E-state index < -0.39 is 6.04 Å². The molecule has 2 amide bonds. The van der Waals surface area contributed by atoms with Gasteiger partial charge in [-0.1, -0.05) is 56.9 Å². The molecule has 1 atom stereocenters. The highest BCUT2D eigenvalue weighted by Crippen LogP contribution is 2.31. The number of rotatable bonds is 4. The Morgan fingerprint density at radius 1 is 1.17 bits per heavy atom. The SMILES string of the molecule is CCCN1C(=O)Cc2ccccc2C1C(=O)NC1CCCCCC1. The molecular weight excluding hydrogens is 300 g/mol. The Morgan fingerprint density at radius 3 is 2.58 bits per heavy atom. The molecule has 1 aliphatic heterocycles. The Balaban J connectivity index is 1.83. The van der Waals surface area contributed by atoms with Gasteiger partial charge >= 0.3 is 0 Å². The first-order chi connectivity index (χ1) is 11.7. The number of amides is 2. The molecule has 24 heavy (non-hydrogen) atoms. The van der Waals surface area contributed by atoms with Gasteiger partial charge in [-0.15, -0.1) is 0 Å². The molecule has 1 unspecified atom stereocenters. The van der Waals surface area contributed by atoms with Crippen molar-refractivity contribution in [1.82, 2.24) is 10.2 Å². The molecule has 2 aliphatic rings. The summed E-state index contributed by atoms with van der Waals surface area (Å²) >= 11 is 0. The normalized spacial score (nSPS) is 22.0. The lowest BCUT2D eigenvalue weighted by molar-refractivity contribution is -0.142. The second-order valence-electron chi connectivity index (χ2n) is 7.06. The molecule has 0 aromatic heterocycles. The number of nitrogens with one attached hydrogen (secondary N) is 1. The molecule has 1 saturated carbocycles. The fraction of sp³-hybridized carbons (Fsp3) is 0.600. The summed E-state index contributed by atoms with van der Waals surface area (Å²) in [7, 11) is 0. The molecule has 1 fully saturated rings. The first kappa shape index (κ1) is 17.0. The molecule has 130 valence electrons. The van der Waals surface area contributed by atoms with Gasteiger partial charge in [0, 0.05) is 12.6 Å². The third-order valence-corrected chi connectivity index (χ3v) is 5.24. The van der Waals surface area contributed by atoms with E-state index in [1.54, 1.807) is 4.90 Å². The number of fused-ring (bicyclic) bond motifs is 1. The van der Waals surface area contributed by atoms with Crippen LogP contribution in [0.5, 0.6) is 0 Å². The number of nitrogens with zero attached hydrogens (tertiary/aromatic N) is 1. The number of benzene rings is 1. The Kier molecular flexibility index (Phi) is 5.54. The Labute approximate surface area is 144 Å². The van der Waals surface area contributed by atoms with Crippen molar-refractivity contribution in [2.75, 3.05) is 6.54 Å².